The normalized spacial score (nSPS) is 10.2. The van der Waals surface area contributed by atoms with Crippen molar-refractivity contribution < 1.29 is 4.79 Å². The molecule has 2 N–H and O–H groups in total. The molecule has 1 aromatic carbocycles. The number of aromatic amines is 1. The zero-order chi connectivity index (χ0) is 9.26. The van der Waals surface area contributed by atoms with Crippen LogP contribution >= 0.6 is 0 Å². The monoisotopic (exact) mass is 176 g/mol. The Hall–Kier alpha value is -1.91. The van der Waals surface area contributed by atoms with Crippen LogP contribution in [0.2, 0.25) is 0 Å². The van der Waals surface area contributed by atoms with E-state index in [-0.39, 0.29) is 0 Å². The van der Waals surface area contributed by atoms with E-state index in [2.05, 4.69) is 20.7 Å². The molecule has 0 radical (unpaired) electrons. The van der Waals surface area contributed by atoms with Crippen LogP contribution in [-0.4, -0.2) is 28.7 Å². The summed E-state index contributed by atoms with van der Waals surface area (Å²) in [6, 6.07) is 3.60. The number of carbonyl (C=O) groups excluding carboxylic acids is 1. The van der Waals surface area contributed by atoms with Gasteiger partial charge in [-0.1, -0.05) is 0 Å². The predicted octanol–water partition coefficient (Wildman–Crippen LogP) is 0.812. The van der Waals surface area contributed by atoms with Crippen LogP contribution in [0.5, 0.6) is 0 Å². The summed E-state index contributed by atoms with van der Waals surface area (Å²) in [6.07, 6.45) is 0.774. The van der Waals surface area contributed by atoms with Gasteiger partial charge in [0.25, 0.3) is 0 Å². The molecule has 0 aliphatic rings. The van der Waals surface area contributed by atoms with Crippen molar-refractivity contribution in [2.45, 2.75) is 0 Å². The summed E-state index contributed by atoms with van der Waals surface area (Å²) in [4.78, 5) is 10.8. The van der Waals surface area contributed by atoms with E-state index in [9.17, 15) is 4.79 Å². The predicted molar refractivity (Wildman–Crippen MR) is 48.8 cm³/mol. The van der Waals surface area contributed by atoms with Crippen LogP contribution in [-0.2, 0) is 0 Å². The fourth-order valence-corrected chi connectivity index (χ4v) is 1.27. The molecule has 5 heteroatoms. The van der Waals surface area contributed by atoms with Crippen LogP contribution in [0, 0.1) is 0 Å². The standard InChI is InChI=1S/C8H8N4O/c1-9-6-2-3-7-8(5(6)4-13)11-12-10-7/h2-4,9H,1H3,(H,10,11,12). The van der Waals surface area contributed by atoms with Crippen LogP contribution < -0.4 is 5.32 Å². The maximum Gasteiger partial charge on any atom is 0.154 e. The summed E-state index contributed by atoms with van der Waals surface area (Å²) in [5.41, 5.74) is 2.59. The van der Waals surface area contributed by atoms with E-state index in [0.29, 0.717) is 16.6 Å². The SMILES string of the molecule is CNc1ccc2n[nH]nc2c1C=O. The van der Waals surface area contributed by atoms with Gasteiger partial charge < -0.3 is 5.32 Å². The van der Waals surface area contributed by atoms with Crippen LogP contribution in [0.4, 0.5) is 5.69 Å². The minimum absolute atomic E-state index is 0.536. The molecule has 0 aliphatic carbocycles. The molecule has 0 amide bonds. The maximum atomic E-state index is 10.8. The van der Waals surface area contributed by atoms with E-state index >= 15 is 0 Å². The lowest BCUT2D eigenvalue weighted by molar-refractivity contribution is 0.112. The highest BCUT2D eigenvalue weighted by Crippen LogP contribution is 2.20. The van der Waals surface area contributed by atoms with Crippen LogP contribution in [0.3, 0.4) is 0 Å². The van der Waals surface area contributed by atoms with Gasteiger partial charge in [-0.3, -0.25) is 4.79 Å². The van der Waals surface area contributed by atoms with Gasteiger partial charge in [0.05, 0.1) is 5.56 Å². The van der Waals surface area contributed by atoms with Gasteiger partial charge in [0, 0.05) is 12.7 Å². The van der Waals surface area contributed by atoms with E-state index in [4.69, 9.17) is 0 Å². The fraction of sp³-hybridized carbons (Fsp3) is 0.125. The lowest BCUT2D eigenvalue weighted by Crippen LogP contribution is -1.94. The summed E-state index contributed by atoms with van der Waals surface area (Å²) < 4.78 is 0. The highest BCUT2D eigenvalue weighted by molar-refractivity contribution is 5.99. The molecule has 0 saturated carbocycles. The first-order valence-corrected chi connectivity index (χ1v) is 3.83. The first kappa shape index (κ1) is 7.72. The molecule has 0 fully saturated rings. The smallest absolute Gasteiger partial charge is 0.154 e. The molecule has 0 spiro atoms. The first-order valence-electron chi connectivity index (χ1n) is 3.83. The summed E-state index contributed by atoms with van der Waals surface area (Å²) in [6.45, 7) is 0. The number of aldehydes is 1. The van der Waals surface area contributed by atoms with Crippen molar-refractivity contribution in [1.82, 2.24) is 15.4 Å². The second-order valence-corrected chi connectivity index (χ2v) is 2.59. The molecular weight excluding hydrogens is 168 g/mol. The number of nitrogens with zero attached hydrogens (tertiary/aromatic N) is 2. The minimum atomic E-state index is 0.536. The Bertz CT molecular complexity index is 448. The van der Waals surface area contributed by atoms with Gasteiger partial charge in [0.15, 0.2) is 6.29 Å². The molecule has 1 heterocycles. The van der Waals surface area contributed by atoms with Gasteiger partial charge in [-0.15, -0.1) is 0 Å². The molecule has 0 unspecified atom stereocenters. The zero-order valence-corrected chi connectivity index (χ0v) is 7.03. The third-order valence-corrected chi connectivity index (χ3v) is 1.92. The van der Waals surface area contributed by atoms with Gasteiger partial charge in [0.1, 0.15) is 11.0 Å². The Morgan fingerprint density at radius 3 is 3.00 bits per heavy atom. The number of fused-ring (bicyclic) bond motifs is 1. The quantitative estimate of drug-likeness (QED) is 0.664. The van der Waals surface area contributed by atoms with Crippen molar-refractivity contribution in [3.05, 3.63) is 17.7 Å². The number of aromatic nitrogens is 3. The van der Waals surface area contributed by atoms with E-state index in [1.54, 1.807) is 19.2 Å². The molecule has 2 rings (SSSR count). The fourth-order valence-electron chi connectivity index (χ4n) is 1.27. The minimum Gasteiger partial charge on any atom is -0.387 e. The number of anilines is 1. The number of benzene rings is 1. The average Bonchev–Trinajstić information content (AvgIpc) is 2.63. The summed E-state index contributed by atoms with van der Waals surface area (Å²) in [7, 11) is 1.76. The molecule has 0 saturated heterocycles. The summed E-state index contributed by atoms with van der Waals surface area (Å²) in [5, 5.41) is 13.2. The summed E-state index contributed by atoms with van der Waals surface area (Å²) >= 11 is 0. The maximum absolute atomic E-state index is 10.8. The molecule has 5 nitrogen and oxygen atoms in total. The van der Waals surface area contributed by atoms with E-state index in [1.165, 1.54) is 0 Å². The molecule has 0 aliphatic heterocycles. The van der Waals surface area contributed by atoms with Gasteiger partial charge >= 0.3 is 0 Å². The van der Waals surface area contributed by atoms with E-state index < -0.39 is 0 Å². The van der Waals surface area contributed by atoms with E-state index in [0.717, 1.165) is 12.0 Å². The van der Waals surface area contributed by atoms with Crippen LogP contribution in [0.1, 0.15) is 10.4 Å². The van der Waals surface area contributed by atoms with Crippen LogP contribution in [0.15, 0.2) is 12.1 Å². The number of hydrogen-bond acceptors (Lipinski definition) is 4. The van der Waals surface area contributed by atoms with Crippen molar-refractivity contribution >= 4 is 23.0 Å². The molecule has 13 heavy (non-hydrogen) atoms. The Morgan fingerprint density at radius 1 is 1.46 bits per heavy atom. The Labute approximate surface area is 74.1 Å². The van der Waals surface area contributed by atoms with Crippen molar-refractivity contribution in [3.8, 4) is 0 Å². The van der Waals surface area contributed by atoms with Crippen molar-refractivity contribution in [2.75, 3.05) is 12.4 Å². The Kier molecular flexibility index (Phi) is 1.70. The Morgan fingerprint density at radius 2 is 2.31 bits per heavy atom. The lowest BCUT2D eigenvalue weighted by atomic mass is 10.1. The topological polar surface area (TPSA) is 70.7 Å². The first-order chi connectivity index (χ1) is 6.36. The van der Waals surface area contributed by atoms with Gasteiger partial charge in [-0.2, -0.15) is 15.4 Å². The highest BCUT2D eigenvalue weighted by Gasteiger charge is 2.08. The number of carbonyl (C=O) groups is 1. The van der Waals surface area contributed by atoms with Gasteiger partial charge in [-0.25, -0.2) is 0 Å². The third-order valence-electron chi connectivity index (χ3n) is 1.92. The van der Waals surface area contributed by atoms with Crippen LogP contribution in [0.25, 0.3) is 11.0 Å². The molecular formula is C8H8N4O. The third kappa shape index (κ3) is 1.05. The number of H-pyrrole nitrogens is 1. The highest BCUT2D eigenvalue weighted by atomic mass is 16.1. The van der Waals surface area contributed by atoms with Gasteiger partial charge in [0.2, 0.25) is 0 Å². The second-order valence-electron chi connectivity index (χ2n) is 2.59. The largest absolute Gasteiger partial charge is 0.387 e. The van der Waals surface area contributed by atoms with E-state index in [1.807, 2.05) is 0 Å². The molecule has 66 valence electrons. The van der Waals surface area contributed by atoms with Crippen molar-refractivity contribution in [1.29, 1.82) is 0 Å². The molecule has 2 aromatic rings. The zero-order valence-electron chi connectivity index (χ0n) is 7.03. The van der Waals surface area contributed by atoms with Crippen molar-refractivity contribution in [2.24, 2.45) is 0 Å². The van der Waals surface area contributed by atoms with Gasteiger partial charge in [-0.05, 0) is 12.1 Å². The molecule has 0 atom stereocenters. The second kappa shape index (κ2) is 2.85. The Balaban J connectivity index is 2.81. The summed E-state index contributed by atoms with van der Waals surface area (Å²) in [5.74, 6) is 0. The lowest BCUT2D eigenvalue weighted by Gasteiger charge is -2.01. The number of hydrogen-bond donors (Lipinski definition) is 2. The molecule has 1 aromatic heterocycles. The number of nitrogens with one attached hydrogen (secondary N) is 2. The van der Waals surface area contributed by atoms with Crippen molar-refractivity contribution in [3.63, 3.8) is 0 Å². The number of rotatable bonds is 2. The average molecular weight is 176 g/mol. The molecule has 0 bridgehead atoms.